The maximum absolute atomic E-state index is 5.07. The van der Waals surface area contributed by atoms with Crippen molar-refractivity contribution in [2.24, 2.45) is 0 Å². The summed E-state index contributed by atoms with van der Waals surface area (Å²) < 4.78 is 2.69. The van der Waals surface area contributed by atoms with E-state index in [1.807, 2.05) is 23.6 Å². The standard InChI is InChI=1S/C38H22N2S/c1-2-9-35-32(6-1)33-8-3-7-31(38(33)41-35)27-14-17-29-25(21-27)12-13-26-22-28(15-18-30(26)29)34-19-16-24-11-10-23-5-4-20-39-36(23)37(24)40-34/h1-22H. The Bertz CT molecular complexity index is 2490. The highest BCUT2D eigenvalue weighted by Gasteiger charge is 2.12. The van der Waals surface area contributed by atoms with Crippen LogP contribution in [0.5, 0.6) is 0 Å². The molecule has 0 atom stereocenters. The highest BCUT2D eigenvalue weighted by molar-refractivity contribution is 7.26. The lowest BCUT2D eigenvalue weighted by Crippen LogP contribution is -1.89. The third-order valence-electron chi connectivity index (χ3n) is 8.28. The van der Waals surface area contributed by atoms with Crippen LogP contribution in [0.1, 0.15) is 0 Å². The van der Waals surface area contributed by atoms with Gasteiger partial charge in [-0.05, 0) is 63.0 Å². The molecule has 0 bridgehead atoms. The molecule has 0 saturated heterocycles. The van der Waals surface area contributed by atoms with Crippen LogP contribution in [-0.4, -0.2) is 9.97 Å². The summed E-state index contributed by atoms with van der Waals surface area (Å²) in [4.78, 5) is 9.69. The molecule has 190 valence electrons. The molecule has 0 aliphatic rings. The van der Waals surface area contributed by atoms with Crippen LogP contribution in [-0.2, 0) is 0 Å². The zero-order chi connectivity index (χ0) is 26.9. The van der Waals surface area contributed by atoms with Crippen LogP contribution >= 0.6 is 11.3 Å². The van der Waals surface area contributed by atoms with Gasteiger partial charge in [0, 0.05) is 42.7 Å². The van der Waals surface area contributed by atoms with Crippen LogP contribution in [0.3, 0.4) is 0 Å². The smallest absolute Gasteiger partial charge is 0.0972 e. The number of thiophene rings is 1. The lowest BCUT2D eigenvalue weighted by Gasteiger charge is -2.10. The van der Waals surface area contributed by atoms with E-state index in [9.17, 15) is 0 Å². The van der Waals surface area contributed by atoms with Gasteiger partial charge in [0.1, 0.15) is 0 Å². The molecule has 0 spiro atoms. The number of hydrogen-bond acceptors (Lipinski definition) is 3. The van der Waals surface area contributed by atoms with Gasteiger partial charge in [0.15, 0.2) is 0 Å². The van der Waals surface area contributed by atoms with E-state index in [2.05, 4.69) is 126 Å². The first kappa shape index (κ1) is 22.7. The summed E-state index contributed by atoms with van der Waals surface area (Å²) in [5.74, 6) is 0. The predicted molar refractivity (Wildman–Crippen MR) is 176 cm³/mol. The molecular formula is C38H22N2S. The fourth-order valence-electron chi connectivity index (χ4n) is 6.26. The van der Waals surface area contributed by atoms with Crippen molar-refractivity contribution in [3.63, 3.8) is 0 Å². The summed E-state index contributed by atoms with van der Waals surface area (Å²) in [5, 5.41) is 9.87. The number of pyridine rings is 2. The molecule has 0 amide bonds. The van der Waals surface area contributed by atoms with Gasteiger partial charge in [-0.1, -0.05) is 97.1 Å². The molecule has 9 rings (SSSR count). The SMILES string of the molecule is c1cnc2c(c1)ccc1ccc(-c3ccc4c(ccc5cc(-c6cccc7c6sc6ccccc67)ccc54)c3)nc12. The molecule has 41 heavy (non-hydrogen) atoms. The molecule has 0 aliphatic carbocycles. The lowest BCUT2D eigenvalue weighted by molar-refractivity contribution is 1.37. The average molecular weight is 539 g/mol. The van der Waals surface area contributed by atoms with Crippen molar-refractivity contribution in [3.8, 4) is 22.4 Å². The Morgan fingerprint density at radius 2 is 1.17 bits per heavy atom. The van der Waals surface area contributed by atoms with Crippen LogP contribution in [0.15, 0.2) is 134 Å². The van der Waals surface area contributed by atoms with Crippen LogP contribution in [0, 0.1) is 0 Å². The van der Waals surface area contributed by atoms with Gasteiger partial charge < -0.3 is 0 Å². The molecule has 2 nitrogen and oxygen atoms in total. The van der Waals surface area contributed by atoms with Gasteiger partial charge in [0.2, 0.25) is 0 Å². The number of rotatable bonds is 2. The van der Waals surface area contributed by atoms with E-state index in [1.165, 1.54) is 52.8 Å². The Balaban J connectivity index is 1.16. The molecule has 0 aliphatic heterocycles. The summed E-state index contributed by atoms with van der Waals surface area (Å²) in [6.45, 7) is 0. The first-order valence-corrected chi connectivity index (χ1v) is 14.6. The number of hydrogen-bond donors (Lipinski definition) is 0. The van der Waals surface area contributed by atoms with Crippen molar-refractivity contribution in [1.29, 1.82) is 0 Å². The van der Waals surface area contributed by atoms with E-state index in [-0.39, 0.29) is 0 Å². The molecule has 0 fully saturated rings. The third-order valence-corrected chi connectivity index (χ3v) is 9.50. The number of benzene rings is 6. The maximum atomic E-state index is 5.07. The van der Waals surface area contributed by atoms with Crippen LogP contribution in [0.2, 0.25) is 0 Å². The van der Waals surface area contributed by atoms with Crippen molar-refractivity contribution in [2.45, 2.75) is 0 Å². The van der Waals surface area contributed by atoms with E-state index in [1.54, 1.807) is 0 Å². The fraction of sp³-hybridized carbons (Fsp3) is 0. The van der Waals surface area contributed by atoms with Gasteiger partial charge in [0.05, 0.1) is 16.7 Å². The molecule has 0 N–H and O–H groups in total. The minimum Gasteiger partial charge on any atom is -0.254 e. The highest BCUT2D eigenvalue weighted by atomic mass is 32.1. The second kappa shape index (κ2) is 8.69. The number of nitrogens with zero attached hydrogens (tertiary/aromatic N) is 2. The van der Waals surface area contributed by atoms with E-state index in [0.29, 0.717) is 0 Å². The fourth-order valence-corrected chi connectivity index (χ4v) is 7.50. The Morgan fingerprint density at radius 1 is 0.463 bits per heavy atom. The van der Waals surface area contributed by atoms with Gasteiger partial charge in [0.25, 0.3) is 0 Å². The summed E-state index contributed by atoms with van der Waals surface area (Å²) in [7, 11) is 0. The third kappa shape index (κ3) is 3.49. The predicted octanol–water partition coefficient (Wildman–Crippen LogP) is 10.8. The zero-order valence-corrected chi connectivity index (χ0v) is 22.8. The molecule has 3 heterocycles. The first-order chi connectivity index (χ1) is 20.3. The van der Waals surface area contributed by atoms with Gasteiger partial charge in [-0.25, -0.2) is 4.98 Å². The van der Waals surface area contributed by atoms with Crippen LogP contribution in [0.4, 0.5) is 0 Å². The largest absolute Gasteiger partial charge is 0.254 e. The van der Waals surface area contributed by atoms with Crippen molar-refractivity contribution in [3.05, 3.63) is 134 Å². The Hall–Kier alpha value is -5.12. The molecular weight excluding hydrogens is 516 g/mol. The van der Waals surface area contributed by atoms with Crippen molar-refractivity contribution in [1.82, 2.24) is 9.97 Å². The Morgan fingerprint density at radius 3 is 2.05 bits per heavy atom. The molecule has 0 saturated carbocycles. The van der Waals surface area contributed by atoms with Crippen LogP contribution < -0.4 is 0 Å². The number of fused-ring (bicyclic) bond motifs is 9. The summed E-state index contributed by atoms with van der Waals surface area (Å²) in [6, 6.07) is 46.0. The normalized spacial score (nSPS) is 11.9. The quantitative estimate of drug-likeness (QED) is 0.205. The number of aromatic nitrogens is 2. The van der Waals surface area contributed by atoms with Gasteiger partial charge >= 0.3 is 0 Å². The highest BCUT2D eigenvalue weighted by Crippen LogP contribution is 2.41. The first-order valence-electron chi connectivity index (χ1n) is 13.8. The molecule has 9 aromatic rings. The second-order valence-corrected chi connectivity index (χ2v) is 11.7. The van der Waals surface area contributed by atoms with E-state index >= 15 is 0 Å². The monoisotopic (exact) mass is 538 g/mol. The zero-order valence-electron chi connectivity index (χ0n) is 22.0. The average Bonchev–Trinajstić information content (AvgIpc) is 3.43. The van der Waals surface area contributed by atoms with Crippen molar-refractivity contribution < 1.29 is 0 Å². The minimum atomic E-state index is 0.945. The molecule has 0 radical (unpaired) electrons. The van der Waals surface area contributed by atoms with Crippen molar-refractivity contribution >= 4 is 74.9 Å². The summed E-state index contributed by atoms with van der Waals surface area (Å²) in [6.07, 6.45) is 1.84. The van der Waals surface area contributed by atoms with Gasteiger partial charge in [-0.15, -0.1) is 11.3 Å². The van der Waals surface area contributed by atoms with E-state index < -0.39 is 0 Å². The molecule has 3 heteroatoms. The maximum Gasteiger partial charge on any atom is 0.0972 e. The lowest BCUT2D eigenvalue weighted by atomic mass is 9.95. The summed E-state index contributed by atoms with van der Waals surface area (Å²) in [5.41, 5.74) is 6.52. The molecule has 0 unspecified atom stereocenters. The minimum absolute atomic E-state index is 0.945. The molecule has 6 aromatic carbocycles. The van der Waals surface area contributed by atoms with Crippen LogP contribution in [0.25, 0.3) is 85.9 Å². The molecule has 3 aromatic heterocycles. The Kier molecular flexibility index (Phi) is 4.80. The summed E-state index contributed by atoms with van der Waals surface area (Å²) >= 11 is 1.88. The van der Waals surface area contributed by atoms with Gasteiger partial charge in [-0.2, -0.15) is 0 Å². The Labute approximate surface area is 240 Å². The van der Waals surface area contributed by atoms with Crippen molar-refractivity contribution in [2.75, 3.05) is 0 Å². The second-order valence-electron chi connectivity index (χ2n) is 10.6. The van der Waals surface area contributed by atoms with Gasteiger partial charge in [-0.3, -0.25) is 4.98 Å². The topological polar surface area (TPSA) is 25.8 Å². The van der Waals surface area contributed by atoms with E-state index in [4.69, 9.17) is 4.98 Å². The van der Waals surface area contributed by atoms with E-state index in [0.717, 1.165) is 33.1 Å².